The van der Waals surface area contributed by atoms with E-state index in [1.165, 1.54) is 32.5 Å². The summed E-state index contributed by atoms with van der Waals surface area (Å²) in [5.41, 5.74) is 6.11. The second-order valence-electron chi connectivity index (χ2n) is 5.55. The summed E-state index contributed by atoms with van der Waals surface area (Å²) in [6.45, 7) is 8.16. The molecule has 0 aromatic rings. The molecule has 0 aromatic carbocycles. The minimum atomic E-state index is 0.338. The highest BCUT2D eigenvalue weighted by atomic mass is 15.2. The van der Waals surface area contributed by atoms with Crippen molar-refractivity contribution in [2.45, 2.75) is 45.2 Å². The van der Waals surface area contributed by atoms with Gasteiger partial charge in [-0.05, 0) is 59.3 Å². The number of nitrogens with two attached hydrogens (primary N) is 1. The van der Waals surface area contributed by atoms with E-state index in [1.807, 2.05) is 0 Å². The highest BCUT2D eigenvalue weighted by Gasteiger charge is 2.25. The zero-order valence-electron chi connectivity index (χ0n) is 11.4. The van der Waals surface area contributed by atoms with Gasteiger partial charge in [-0.1, -0.05) is 6.92 Å². The molecule has 1 fully saturated rings. The Morgan fingerprint density at radius 1 is 1.31 bits per heavy atom. The topological polar surface area (TPSA) is 32.5 Å². The molecule has 1 saturated heterocycles. The zero-order chi connectivity index (χ0) is 12.1. The molecule has 0 bridgehead atoms. The van der Waals surface area contributed by atoms with Crippen LogP contribution in [0.3, 0.4) is 0 Å². The van der Waals surface area contributed by atoms with Crippen LogP contribution in [-0.2, 0) is 0 Å². The lowest BCUT2D eigenvalue weighted by atomic mass is 9.94. The van der Waals surface area contributed by atoms with Crippen molar-refractivity contribution in [3.8, 4) is 0 Å². The van der Waals surface area contributed by atoms with Crippen LogP contribution in [0.25, 0.3) is 0 Å². The third kappa shape index (κ3) is 4.04. The van der Waals surface area contributed by atoms with Crippen molar-refractivity contribution in [3.63, 3.8) is 0 Å². The van der Waals surface area contributed by atoms with Crippen molar-refractivity contribution in [2.24, 2.45) is 11.7 Å². The maximum atomic E-state index is 6.11. The predicted octanol–water partition coefficient (Wildman–Crippen LogP) is 1.39. The van der Waals surface area contributed by atoms with Gasteiger partial charge in [0.2, 0.25) is 0 Å². The Bertz CT molecular complexity index is 186. The molecule has 0 saturated carbocycles. The molecule has 0 amide bonds. The first kappa shape index (κ1) is 13.9. The summed E-state index contributed by atoms with van der Waals surface area (Å²) < 4.78 is 0. The molecule has 2 unspecified atom stereocenters. The van der Waals surface area contributed by atoms with Crippen LogP contribution in [-0.4, -0.2) is 55.6 Å². The van der Waals surface area contributed by atoms with Crippen LogP contribution in [0.1, 0.15) is 33.1 Å². The maximum absolute atomic E-state index is 6.11. The van der Waals surface area contributed by atoms with Gasteiger partial charge in [0, 0.05) is 18.6 Å². The van der Waals surface area contributed by atoms with Gasteiger partial charge in [-0.15, -0.1) is 0 Å². The van der Waals surface area contributed by atoms with Gasteiger partial charge >= 0.3 is 0 Å². The molecule has 3 nitrogen and oxygen atoms in total. The molecule has 1 heterocycles. The van der Waals surface area contributed by atoms with E-state index in [0.29, 0.717) is 12.1 Å². The van der Waals surface area contributed by atoms with Crippen LogP contribution in [0, 0.1) is 5.92 Å². The standard InChI is InChI=1S/C13H29N3/c1-5-13(14)11(2)16-8-6-12(7-9-16)10-15(3)4/h11-13H,5-10,14H2,1-4H3. The van der Waals surface area contributed by atoms with Crippen LogP contribution in [0.15, 0.2) is 0 Å². The van der Waals surface area contributed by atoms with Gasteiger partial charge in [0.1, 0.15) is 0 Å². The van der Waals surface area contributed by atoms with E-state index in [1.54, 1.807) is 0 Å². The second kappa shape index (κ2) is 6.58. The normalized spacial score (nSPS) is 23.6. The minimum Gasteiger partial charge on any atom is -0.326 e. The largest absolute Gasteiger partial charge is 0.326 e. The van der Waals surface area contributed by atoms with E-state index in [0.717, 1.165) is 12.3 Å². The van der Waals surface area contributed by atoms with Gasteiger partial charge in [-0.25, -0.2) is 0 Å². The van der Waals surface area contributed by atoms with Crippen LogP contribution in [0.2, 0.25) is 0 Å². The van der Waals surface area contributed by atoms with Crippen LogP contribution in [0.5, 0.6) is 0 Å². The van der Waals surface area contributed by atoms with E-state index in [2.05, 4.69) is 37.7 Å². The highest BCUT2D eigenvalue weighted by molar-refractivity contribution is 4.82. The monoisotopic (exact) mass is 227 g/mol. The van der Waals surface area contributed by atoms with E-state index >= 15 is 0 Å². The summed E-state index contributed by atoms with van der Waals surface area (Å²) in [5, 5.41) is 0. The first-order valence-electron chi connectivity index (χ1n) is 6.69. The molecular formula is C13H29N3. The van der Waals surface area contributed by atoms with Crippen molar-refractivity contribution in [3.05, 3.63) is 0 Å². The summed E-state index contributed by atoms with van der Waals surface area (Å²) in [6.07, 6.45) is 3.75. The Morgan fingerprint density at radius 2 is 1.88 bits per heavy atom. The molecule has 96 valence electrons. The Labute approximate surface area is 101 Å². The summed E-state index contributed by atoms with van der Waals surface area (Å²) >= 11 is 0. The van der Waals surface area contributed by atoms with E-state index in [-0.39, 0.29) is 0 Å². The van der Waals surface area contributed by atoms with Crippen LogP contribution in [0.4, 0.5) is 0 Å². The lowest BCUT2D eigenvalue weighted by Gasteiger charge is -2.38. The van der Waals surface area contributed by atoms with Crippen LogP contribution >= 0.6 is 0 Å². The molecule has 3 heteroatoms. The third-order valence-electron chi connectivity index (χ3n) is 3.94. The van der Waals surface area contributed by atoms with Crippen molar-refractivity contribution in [2.75, 3.05) is 33.7 Å². The first-order valence-corrected chi connectivity index (χ1v) is 6.69. The molecule has 1 rings (SSSR count). The van der Waals surface area contributed by atoms with Crippen molar-refractivity contribution in [1.29, 1.82) is 0 Å². The van der Waals surface area contributed by atoms with Gasteiger partial charge < -0.3 is 10.6 Å². The molecule has 1 aliphatic heterocycles. The van der Waals surface area contributed by atoms with Crippen LogP contribution < -0.4 is 5.73 Å². The quantitative estimate of drug-likeness (QED) is 0.770. The second-order valence-corrected chi connectivity index (χ2v) is 5.55. The predicted molar refractivity (Wildman–Crippen MR) is 70.6 cm³/mol. The molecule has 0 aliphatic carbocycles. The lowest BCUT2D eigenvalue weighted by Crippen LogP contribution is -2.49. The van der Waals surface area contributed by atoms with E-state index in [9.17, 15) is 0 Å². The van der Waals surface area contributed by atoms with Gasteiger partial charge in [0.15, 0.2) is 0 Å². The van der Waals surface area contributed by atoms with Gasteiger partial charge in [0.05, 0.1) is 0 Å². The minimum absolute atomic E-state index is 0.338. The van der Waals surface area contributed by atoms with E-state index < -0.39 is 0 Å². The average molecular weight is 227 g/mol. The fraction of sp³-hybridized carbons (Fsp3) is 1.00. The van der Waals surface area contributed by atoms with Gasteiger partial charge in [-0.2, -0.15) is 0 Å². The van der Waals surface area contributed by atoms with Gasteiger partial charge in [-0.3, -0.25) is 4.90 Å². The summed E-state index contributed by atoms with van der Waals surface area (Å²) in [7, 11) is 4.34. The SMILES string of the molecule is CCC(N)C(C)N1CCC(CN(C)C)CC1. The Balaban J connectivity index is 2.31. The Hall–Kier alpha value is -0.120. The van der Waals surface area contributed by atoms with Crippen molar-refractivity contribution >= 4 is 0 Å². The molecule has 0 radical (unpaired) electrons. The number of piperidine rings is 1. The maximum Gasteiger partial charge on any atom is 0.0218 e. The first-order chi connectivity index (χ1) is 7.54. The zero-order valence-corrected chi connectivity index (χ0v) is 11.4. The van der Waals surface area contributed by atoms with Gasteiger partial charge in [0.25, 0.3) is 0 Å². The fourth-order valence-corrected chi connectivity index (χ4v) is 2.67. The molecule has 16 heavy (non-hydrogen) atoms. The molecule has 2 atom stereocenters. The number of likely N-dealkylation sites (tertiary alicyclic amines) is 1. The lowest BCUT2D eigenvalue weighted by molar-refractivity contribution is 0.113. The molecular weight excluding hydrogens is 198 g/mol. The smallest absolute Gasteiger partial charge is 0.0218 e. The van der Waals surface area contributed by atoms with E-state index in [4.69, 9.17) is 5.73 Å². The Morgan fingerprint density at radius 3 is 2.31 bits per heavy atom. The molecule has 0 spiro atoms. The average Bonchev–Trinajstić information content (AvgIpc) is 2.27. The van der Waals surface area contributed by atoms with Crippen molar-refractivity contribution < 1.29 is 0 Å². The number of rotatable bonds is 5. The Kier molecular flexibility index (Phi) is 5.73. The number of nitrogens with zero attached hydrogens (tertiary/aromatic N) is 2. The highest BCUT2D eigenvalue weighted by Crippen LogP contribution is 2.20. The molecule has 2 N–H and O–H groups in total. The summed E-state index contributed by atoms with van der Waals surface area (Å²) in [5.74, 6) is 0.885. The fourth-order valence-electron chi connectivity index (χ4n) is 2.67. The molecule has 1 aliphatic rings. The molecule has 0 aromatic heterocycles. The summed E-state index contributed by atoms with van der Waals surface area (Å²) in [6, 6.07) is 0.885. The number of hydrogen-bond acceptors (Lipinski definition) is 3. The number of hydrogen-bond donors (Lipinski definition) is 1. The third-order valence-corrected chi connectivity index (χ3v) is 3.94. The summed E-state index contributed by atoms with van der Waals surface area (Å²) in [4.78, 5) is 4.88. The van der Waals surface area contributed by atoms with Crippen molar-refractivity contribution in [1.82, 2.24) is 9.80 Å².